The van der Waals surface area contributed by atoms with Gasteiger partial charge in [0.25, 0.3) is 0 Å². The lowest BCUT2D eigenvalue weighted by atomic mass is 10.1. The molecule has 1 atom stereocenters. The molecule has 0 radical (unpaired) electrons. The first-order valence-corrected chi connectivity index (χ1v) is 4.13. The molecule has 0 bridgehead atoms. The van der Waals surface area contributed by atoms with E-state index >= 15 is 0 Å². The van der Waals surface area contributed by atoms with Gasteiger partial charge in [-0.1, -0.05) is 30.3 Å². The molecule has 0 spiro atoms. The molecule has 3 heteroatoms. The van der Waals surface area contributed by atoms with Gasteiger partial charge in [-0.25, -0.2) is 0 Å². The van der Waals surface area contributed by atoms with Crippen molar-refractivity contribution in [2.45, 2.75) is 18.9 Å². The first-order chi connectivity index (χ1) is 6.20. The lowest BCUT2D eigenvalue weighted by Gasteiger charge is -2.10. The van der Waals surface area contributed by atoms with Crippen molar-refractivity contribution in [1.82, 2.24) is 0 Å². The van der Waals surface area contributed by atoms with Gasteiger partial charge < -0.3 is 15.0 Å². The summed E-state index contributed by atoms with van der Waals surface area (Å²) in [5.41, 5.74) is 1.02. The largest absolute Gasteiger partial charge is 0.547 e. The Hall–Kier alpha value is -1.35. The number of hydrogen-bond acceptors (Lipinski definition) is 3. The van der Waals surface area contributed by atoms with Gasteiger partial charge in [0, 0.05) is 0 Å². The molecule has 0 amide bonds. The van der Waals surface area contributed by atoms with Crippen LogP contribution in [0.3, 0.4) is 0 Å². The molecule has 70 valence electrons. The molecule has 0 aliphatic heterocycles. The Morgan fingerprint density at radius 2 is 2.00 bits per heavy atom. The van der Waals surface area contributed by atoms with Crippen molar-refractivity contribution in [3.63, 3.8) is 0 Å². The fourth-order valence-corrected chi connectivity index (χ4v) is 1.07. The Labute approximate surface area is 76.6 Å². The van der Waals surface area contributed by atoms with E-state index in [1.807, 2.05) is 30.3 Å². The van der Waals surface area contributed by atoms with Crippen LogP contribution in [0.5, 0.6) is 0 Å². The van der Waals surface area contributed by atoms with E-state index in [2.05, 4.69) is 0 Å². The molecule has 0 unspecified atom stereocenters. The molecule has 1 aromatic rings. The molecular formula is C10H11O3-. The molecule has 1 N–H and O–H groups in total. The van der Waals surface area contributed by atoms with Crippen molar-refractivity contribution in [2.75, 3.05) is 0 Å². The quantitative estimate of drug-likeness (QED) is 0.692. The predicted octanol–water partition coefficient (Wildman–Crippen LogP) is -0.270. The number of aryl methyl sites for hydroxylation is 1. The second kappa shape index (κ2) is 4.62. The number of benzene rings is 1. The molecule has 0 saturated heterocycles. The maximum Gasteiger partial charge on any atom is 0.0936 e. The average molecular weight is 179 g/mol. The standard InChI is InChI=1S/C10H12O3/c11-9(10(12)13)7-6-8-4-2-1-3-5-8/h1-5,9,11H,6-7H2,(H,12,13)/p-1/t9-/m1/s1. The molecule has 1 aromatic carbocycles. The Morgan fingerprint density at radius 3 is 2.54 bits per heavy atom. The summed E-state index contributed by atoms with van der Waals surface area (Å²) in [4.78, 5) is 10.2. The van der Waals surface area contributed by atoms with Crippen molar-refractivity contribution >= 4 is 5.97 Å². The second-order valence-corrected chi connectivity index (χ2v) is 2.86. The third kappa shape index (κ3) is 3.25. The van der Waals surface area contributed by atoms with Crippen molar-refractivity contribution in [2.24, 2.45) is 0 Å². The molecule has 0 saturated carbocycles. The smallest absolute Gasteiger partial charge is 0.0936 e. The van der Waals surface area contributed by atoms with Gasteiger partial charge in [-0.15, -0.1) is 0 Å². The molecular weight excluding hydrogens is 168 g/mol. The predicted molar refractivity (Wildman–Crippen MR) is 45.8 cm³/mol. The lowest BCUT2D eigenvalue weighted by Crippen LogP contribution is -2.35. The van der Waals surface area contributed by atoms with Crippen LogP contribution in [0, 0.1) is 0 Å². The minimum Gasteiger partial charge on any atom is -0.547 e. The fraction of sp³-hybridized carbons (Fsp3) is 0.300. The second-order valence-electron chi connectivity index (χ2n) is 2.86. The van der Waals surface area contributed by atoms with Crippen LogP contribution in [0.4, 0.5) is 0 Å². The number of rotatable bonds is 4. The fourth-order valence-electron chi connectivity index (χ4n) is 1.07. The van der Waals surface area contributed by atoms with E-state index in [9.17, 15) is 9.90 Å². The van der Waals surface area contributed by atoms with Crippen LogP contribution < -0.4 is 5.11 Å². The highest BCUT2D eigenvalue weighted by molar-refractivity contribution is 5.69. The number of hydrogen-bond donors (Lipinski definition) is 1. The Morgan fingerprint density at radius 1 is 1.38 bits per heavy atom. The summed E-state index contributed by atoms with van der Waals surface area (Å²) in [6.07, 6.45) is -0.609. The van der Waals surface area contributed by atoms with E-state index in [0.29, 0.717) is 6.42 Å². The SMILES string of the molecule is O=C([O-])[C@H](O)CCc1ccccc1. The molecule has 1 rings (SSSR count). The van der Waals surface area contributed by atoms with E-state index in [4.69, 9.17) is 5.11 Å². The van der Waals surface area contributed by atoms with Crippen molar-refractivity contribution in [3.8, 4) is 0 Å². The number of aliphatic carboxylic acids is 1. The molecule has 13 heavy (non-hydrogen) atoms. The summed E-state index contributed by atoms with van der Waals surface area (Å²) in [6.45, 7) is 0. The highest BCUT2D eigenvalue weighted by Gasteiger charge is 2.04. The molecule has 0 fully saturated rings. The van der Waals surface area contributed by atoms with Gasteiger partial charge in [0.1, 0.15) is 0 Å². The van der Waals surface area contributed by atoms with Crippen molar-refractivity contribution in [1.29, 1.82) is 0 Å². The van der Waals surface area contributed by atoms with Crippen LogP contribution in [0.15, 0.2) is 30.3 Å². The highest BCUT2D eigenvalue weighted by atomic mass is 16.4. The van der Waals surface area contributed by atoms with E-state index in [1.165, 1.54) is 0 Å². The Balaban J connectivity index is 2.39. The van der Waals surface area contributed by atoms with E-state index < -0.39 is 12.1 Å². The number of carboxylic acids is 1. The first kappa shape index (κ1) is 9.74. The number of aliphatic hydroxyl groups is 1. The van der Waals surface area contributed by atoms with Crippen LogP contribution in [-0.4, -0.2) is 17.2 Å². The van der Waals surface area contributed by atoms with Gasteiger partial charge in [-0.05, 0) is 18.4 Å². The lowest BCUT2D eigenvalue weighted by molar-refractivity contribution is -0.315. The van der Waals surface area contributed by atoms with E-state index in [-0.39, 0.29) is 6.42 Å². The van der Waals surface area contributed by atoms with Crippen LogP contribution >= 0.6 is 0 Å². The van der Waals surface area contributed by atoms with Crippen molar-refractivity contribution < 1.29 is 15.0 Å². The zero-order valence-electron chi connectivity index (χ0n) is 7.14. The van der Waals surface area contributed by atoms with Gasteiger partial charge in [-0.3, -0.25) is 0 Å². The zero-order chi connectivity index (χ0) is 9.68. The van der Waals surface area contributed by atoms with Crippen LogP contribution in [0.1, 0.15) is 12.0 Å². The summed E-state index contributed by atoms with van der Waals surface area (Å²) in [5, 5.41) is 19.1. The summed E-state index contributed by atoms with van der Waals surface area (Å²) in [6, 6.07) is 9.42. The van der Waals surface area contributed by atoms with Gasteiger partial charge in [0.05, 0.1) is 12.1 Å². The van der Waals surface area contributed by atoms with Crippen LogP contribution in [0.25, 0.3) is 0 Å². The van der Waals surface area contributed by atoms with Gasteiger partial charge in [0.15, 0.2) is 0 Å². The van der Waals surface area contributed by atoms with Gasteiger partial charge in [0.2, 0.25) is 0 Å². The third-order valence-electron chi connectivity index (χ3n) is 1.82. The van der Waals surface area contributed by atoms with Gasteiger partial charge >= 0.3 is 0 Å². The number of aliphatic hydroxyl groups excluding tert-OH is 1. The molecule has 0 aromatic heterocycles. The van der Waals surface area contributed by atoms with Crippen LogP contribution in [0.2, 0.25) is 0 Å². The topological polar surface area (TPSA) is 60.4 Å². The van der Waals surface area contributed by atoms with E-state index in [0.717, 1.165) is 5.56 Å². The Kier molecular flexibility index (Phi) is 3.46. The number of carboxylic acid groups (broad SMARTS) is 1. The molecule has 3 nitrogen and oxygen atoms in total. The maximum absolute atomic E-state index is 10.2. The normalized spacial score (nSPS) is 12.4. The van der Waals surface area contributed by atoms with Gasteiger partial charge in [-0.2, -0.15) is 0 Å². The molecule has 0 heterocycles. The first-order valence-electron chi connectivity index (χ1n) is 4.13. The molecule has 0 aliphatic rings. The monoisotopic (exact) mass is 179 g/mol. The average Bonchev–Trinajstić information content (AvgIpc) is 2.15. The highest BCUT2D eigenvalue weighted by Crippen LogP contribution is 2.04. The third-order valence-corrected chi connectivity index (χ3v) is 1.82. The summed E-state index contributed by atoms with van der Waals surface area (Å²) in [7, 11) is 0. The minimum absolute atomic E-state index is 0.201. The van der Waals surface area contributed by atoms with Crippen LogP contribution in [-0.2, 0) is 11.2 Å². The summed E-state index contributed by atoms with van der Waals surface area (Å²) < 4.78 is 0. The molecule has 0 aliphatic carbocycles. The number of carbonyl (C=O) groups excluding carboxylic acids is 1. The van der Waals surface area contributed by atoms with E-state index in [1.54, 1.807) is 0 Å². The minimum atomic E-state index is -1.41. The number of carbonyl (C=O) groups is 1. The summed E-state index contributed by atoms with van der Waals surface area (Å²) >= 11 is 0. The summed E-state index contributed by atoms with van der Waals surface area (Å²) in [5.74, 6) is -1.41. The zero-order valence-corrected chi connectivity index (χ0v) is 7.14. The maximum atomic E-state index is 10.2. The van der Waals surface area contributed by atoms with Crippen molar-refractivity contribution in [3.05, 3.63) is 35.9 Å². The Bertz CT molecular complexity index is 269.